The Morgan fingerprint density at radius 2 is 1.81 bits per heavy atom. The maximum Gasteiger partial charge on any atom is 0.415 e. The van der Waals surface area contributed by atoms with E-state index < -0.39 is 32.7 Å². The van der Waals surface area contributed by atoms with Crippen molar-refractivity contribution in [3.63, 3.8) is 0 Å². The molecule has 3 rings (SSSR count). The molecule has 230 valence electrons. The summed E-state index contributed by atoms with van der Waals surface area (Å²) >= 11 is 0. The third kappa shape index (κ3) is 8.58. The molecule has 11 nitrogen and oxygen atoms in total. The van der Waals surface area contributed by atoms with Crippen molar-refractivity contribution in [3.8, 4) is 17.7 Å². The summed E-state index contributed by atoms with van der Waals surface area (Å²) < 4.78 is 45.3. The van der Waals surface area contributed by atoms with Crippen molar-refractivity contribution < 1.29 is 41.7 Å². The predicted octanol–water partition coefficient (Wildman–Crippen LogP) is 4.13. The number of esters is 2. The van der Waals surface area contributed by atoms with Crippen LogP contribution in [0.1, 0.15) is 46.0 Å². The van der Waals surface area contributed by atoms with Crippen LogP contribution in [-0.2, 0) is 28.9 Å². The van der Waals surface area contributed by atoms with Crippen molar-refractivity contribution in [1.29, 1.82) is 0 Å². The maximum absolute atomic E-state index is 12.7. The Kier molecular flexibility index (Phi) is 11.3. The number of carbonyl (C=O) groups excluding carboxylic acids is 2. The smallest absolute Gasteiger partial charge is 0.415 e. The molecule has 3 atom stereocenters. The highest BCUT2D eigenvalue weighted by atomic mass is 32.2. The third-order valence-electron chi connectivity index (χ3n) is 7.50. The van der Waals surface area contributed by atoms with Crippen LogP contribution in [0.3, 0.4) is 0 Å². The van der Waals surface area contributed by atoms with E-state index in [1.165, 1.54) is 24.3 Å². The fraction of sp³-hybridized carbons (Fsp3) is 0.419. The van der Waals surface area contributed by atoms with Crippen LogP contribution in [0.15, 0.2) is 81.8 Å². The average Bonchev–Trinajstić information content (AvgIpc) is 3.37. The number of hydrogen-bond acceptors (Lipinski definition) is 10. The van der Waals surface area contributed by atoms with Crippen molar-refractivity contribution in [2.45, 2.75) is 55.9 Å². The summed E-state index contributed by atoms with van der Waals surface area (Å²) in [6.07, 6.45) is 4.40. The van der Waals surface area contributed by atoms with E-state index in [1.807, 2.05) is 13.0 Å². The second-order valence-electron chi connectivity index (χ2n) is 10.6. The molecule has 0 saturated heterocycles. The third-order valence-corrected chi connectivity index (χ3v) is 9.23. The number of hydrogen-bond donors (Lipinski definition) is 0. The normalized spacial score (nSPS) is 19.8. The molecule has 1 heterocycles. The molecule has 0 spiro atoms. The molecule has 12 heteroatoms. The van der Waals surface area contributed by atoms with E-state index in [2.05, 4.69) is 48.3 Å². The van der Waals surface area contributed by atoms with Gasteiger partial charge in [-0.3, -0.25) is 14.2 Å². The lowest BCUT2D eigenvalue weighted by Crippen LogP contribution is -2.34. The largest absolute Gasteiger partial charge is 0.461 e. The molecule has 0 amide bonds. The number of ether oxygens (including phenoxy) is 3. The lowest BCUT2D eigenvalue weighted by Gasteiger charge is -2.43. The maximum atomic E-state index is 12.7. The number of carbonyl (C=O) groups is 2. The zero-order valence-corrected chi connectivity index (χ0v) is 25.2. The molecule has 0 aliphatic heterocycles. The Balaban J connectivity index is 1.37. The summed E-state index contributed by atoms with van der Waals surface area (Å²) in [4.78, 5) is 23.7. The van der Waals surface area contributed by atoms with Gasteiger partial charge in [0.25, 0.3) is 9.84 Å². The first kappa shape index (κ1) is 33.1. The number of rotatable bonds is 13. The van der Waals surface area contributed by atoms with Crippen LogP contribution in [0.2, 0.25) is 0 Å². The molecule has 0 bridgehead atoms. The fourth-order valence-corrected chi connectivity index (χ4v) is 6.21. The molecule has 1 saturated carbocycles. The summed E-state index contributed by atoms with van der Waals surface area (Å²) in [7, 11) is -4.25. The summed E-state index contributed by atoms with van der Waals surface area (Å²) in [5.41, 5.74) is 1.93. The molecule has 1 aliphatic carbocycles. The lowest BCUT2D eigenvalue weighted by atomic mass is 9.61. The van der Waals surface area contributed by atoms with Crippen molar-refractivity contribution in [2.75, 3.05) is 19.8 Å². The van der Waals surface area contributed by atoms with Gasteiger partial charge < -0.3 is 19.4 Å². The van der Waals surface area contributed by atoms with Gasteiger partial charge >= 0.3 is 22.8 Å². The first-order valence-electron chi connectivity index (χ1n) is 13.6. The quantitative estimate of drug-likeness (QED) is 0.140. The molecular formula is C31H36N2O9S. The number of allylic oxidation sites excluding steroid dienone is 2. The Labute approximate surface area is 251 Å². The van der Waals surface area contributed by atoms with Crippen LogP contribution in [0, 0.1) is 34.3 Å². The van der Waals surface area contributed by atoms with Crippen LogP contribution in [0.4, 0.5) is 0 Å². The minimum absolute atomic E-state index is 0.00974. The molecule has 43 heavy (non-hydrogen) atoms. The van der Waals surface area contributed by atoms with Crippen LogP contribution >= 0.6 is 0 Å². The van der Waals surface area contributed by atoms with Gasteiger partial charge in [-0.05, 0) is 66.0 Å². The van der Waals surface area contributed by atoms with Gasteiger partial charge in [0.2, 0.25) is 0 Å². The van der Waals surface area contributed by atoms with Crippen LogP contribution in [0.5, 0.6) is 5.88 Å². The van der Waals surface area contributed by atoms with Crippen molar-refractivity contribution in [3.05, 3.63) is 72.5 Å². The SMILES string of the molecule is C=C[C@]1(C)CC[C@@H](C(=C)COC(=O)CCC(=O)OCC#CCOc2no[n+]([O-])c2S(=O)(=O)c2ccccc2)C[C@H]1C(=C)C. The summed E-state index contributed by atoms with van der Waals surface area (Å²) in [5, 5.41) is 14.4. The predicted molar refractivity (Wildman–Crippen MR) is 155 cm³/mol. The van der Waals surface area contributed by atoms with E-state index in [1.54, 1.807) is 6.07 Å². The highest BCUT2D eigenvalue weighted by Crippen LogP contribution is 2.48. The van der Waals surface area contributed by atoms with Crippen molar-refractivity contribution in [2.24, 2.45) is 17.3 Å². The van der Waals surface area contributed by atoms with Gasteiger partial charge in [0, 0.05) is 0 Å². The highest BCUT2D eigenvalue weighted by molar-refractivity contribution is 7.91. The Morgan fingerprint density at radius 3 is 2.47 bits per heavy atom. The van der Waals surface area contributed by atoms with E-state index >= 15 is 0 Å². The topological polar surface area (TPSA) is 149 Å². The highest BCUT2D eigenvalue weighted by Gasteiger charge is 2.39. The Bertz CT molecular complexity index is 1520. The van der Waals surface area contributed by atoms with Gasteiger partial charge in [-0.1, -0.05) is 61.8 Å². The molecule has 0 radical (unpaired) electrons. The number of nitrogens with zero attached hydrogens (tertiary/aromatic N) is 2. The molecule has 0 unspecified atom stereocenters. The van der Waals surface area contributed by atoms with E-state index in [0.717, 1.165) is 30.4 Å². The molecule has 1 aromatic carbocycles. The number of sulfone groups is 1. The lowest BCUT2D eigenvalue weighted by molar-refractivity contribution is -0.832. The first-order chi connectivity index (χ1) is 20.4. The summed E-state index contributed by atoms with van der Waals surface area (Å²) in [6, 6.07) is 7.24. The van der Waals surface area contributed by atoms with Crippen LogP contribution < -0.4 is 9.64 Å². The molecular weight excluding hydrogens is 576 g/mol. The zero-order chi connectivity index (χ0) is 31.6. The second kappa shape index (κ2) is 14.7. The molecule has 1 aromatic heterocycles. The number of benzene rings is 1. The van der Waals surface area contributed by atoms with E-state index in [9.17, 15) is 23.2 Å². The van der Waals surface area contributed by atoms with E-state index in [0.29, 0.717) is 0 Å². The standard InChI is InChI=1S/C31H36N2O9S/c1-6-31(5)17-16-24(20-26(31)22(2)3)23(4)21-41-28(35)15-14-27(34)39-18-10-11-19-40-29-30(33(36)42-32-29)43(37,38)25-12-8-7-9-13-25/h6-9,12-13,24,26H,1-2,4,14-21H2,3,5H3/t24-,26+,31-/m1/s1. The van der Waals surface area contributed by atoms with Gasteiger partial charge in [-0.25, -0.2) is 8.42 Å². The van der Waals surface area contributed by atoms with Gasteiger partial charge in [0.1, 0.15) is 6.61 Å². The van der Waals surface area contributed by atoms with Gasteiger partial charge in [-0.2, -0.15) is 0 Å². The van der Waals surface area contributed by atoms with Crippen LogP contribution in [-0.4, -0.2) is 45.3 Å². The minimum Gasteiger partial charge on any atom is -0.461 e. The summed E-state index contributed by atoms with van der Waals surface area (Å²) in [6.45, 7) is 15.9. The van der Waals surface area contributed by atoms with Gasteiger partial charge in [-0.15, -0.1) is 6.58 Å². The molecule has 2 aromatic rings. The fourth-order valence-electron chi connectivity index (χ4n) is 4.91. The zero-order valence-electron chi connectivity index (χ0n) is 24.4. The van der Waals surface area contributed by atoms with Crippen molar-refractivity contribution >= 4 is 21.8 Å². The van der Waals surface area contributed by atoms with Gasteiger partial charge in [0.15, 0.2) is 13.2 Å². The van der Waals surface area contributed by atoms with E-state index in [4.69, 9.17) is 14.2 Å². The molecule has 0 N–H and O–H groups in total. The van der Waals surface area contributed by atoms with Crippen LogP contribution in [0.25, 0.3) is 0 Å². The Morgan fingerprint density at radius 1 is 1.16 bits per heavy atom. The van der Waals surface area contributed by atoms with Crippen molar-refractivity contribution in [1.82, 2.24) is 5.16 Å². The average molecular weight is 613 g/mol. The second-order valence-corrected chi connectivity index (χ2v) is 12.4. The first-order valence-corrected chi connectivity index (χ1v) is 15.1. The number of aromatic nitrogens is 2. The monoisotopic (exact) mass is 612 g/mol. The van der Waals surface area contributed by atoms with Gasteiger partial charge in [0.05, 0.1) is 22.9 Å². The summed E-state index contributed by atoms with van der Waals surface area (Å²) in [5.74, 6) is 3.78. The molecule has 1 aliphatic rings. The van der Waals surface area contributed by atoms with E-state index in [-0.39, 0.29) is 59.7 Å². The molecule has 1 fully saturated rings. The Hall–Kier alpha value is -4.37. The minimum atomic E-state index is -4.25.